The number of carbonyl (C=O) groups excluding carboxylic acids is 1. The van der Waals surface area contributed by atoms with E-state index in [4.69, 9.17) is 11.6 Å². The molecule has 1 aromatic rings. The standard InChI is InChI=1S/C15H22ClNO/c1-11-6-7-12(2)13(8-11)9-14(18)17(5)15(3,4)10-16/h6-8H,9-10H2,1-5H3. The molecular formula is C15H22ClNO. The van der Waals surface area contributed by atoms with Crippen molar-refractivity contribution in [2.24, 2.45) is 0 Å². The Hall–Kier alpha value is -1.02. The molecule has 0 fully saturated rings. The highest BCUT2D eigenvalue weighted by Gasteiger charge is 2.26. The SMILES string of the molecule is Cc1ccc(C)c(CC(=O)N(C)C(C)(C)CCl)c1. The van der Waals surface area contributed by atoms with Crippen LogP contribution in [-0.2, 0) is 11.2 Å². The predicted octanol–water partition coefficient (Wildman–Crippen LogP) is 3.32. The van der Waals surface area contributed by atoms with Crippen LogP contribution in [0.25, 0.3) is 0 Å². The van der Waals surface area contributed by atoms with Crippen LogP contribution >= 0.6 is 11.6 Å². The Morgan fingerprint density at radius 3 is 2.50 bits per heavy atom. The summed E-state index contributed by atoms with van der Waals surface area (Å²) in [5.74, 6) is 0.538. The monoisotopic (exact) mass is 267 g/mol. The van der Waals surface area contributed by atoms with E-state index in [1.807, 2.05) is 34.7 Å². The third-order valence-electron chi connectivity index (χ3n) is 3.46. The zero-order valence-corrected chi connectivity index (χ0v) is 12.6. The number of halogens is 1. The summed E-state index contributed by atoms with van der Waals surface area (Å²) < 4.78 is 0. The Morgan fingerprint density at radius 1 is 1.33 bits per heavy atom. The first-order valence-electron chi connectivity index (χ1n) is 6.16. The van der Waals surface area contributed by atoms with Crippen LogP contribution < -0.4 is 0 Å². The van der Waals surface area contributed by atoms with E-state index in [0.717, 1.165) is 11.1 Å². The second kappa shape index (κ2) is 5.75. The summed E-state index contributed by atoms with van der Waals surface area (Å²) in [5, 5.41) is 0. The summed E-state index contributed by atoms with van der Waals surface area (Å²) >= 11 is 5.90. The molecule has 0 N–H and O–H groups in total. The van der Waals surface area contributed by atoms with E-state index in [9.17, 15) is 4.79 Å². The lowest BCUT2D eigenvalue weighted by molar-refractivity contribution is -0.133. The fourth-order valence-electron chi connectivity index (χ4n) is 1.70. The van der Waals surface area contributed by atoms with Crippen molar-refractivity contribution in [3.05, 3.63) is 34.9 Å². The first-order valence-corrected chi connectivity index (χ1v) is 6.70. The second-order valence-corrected chi connectivity index (χ2v) is 5.77. The molecule has 0 aliphatic heterocycles. The zero-order valence-electron chi connectivity index (χ0n) is 11.9. The lowest BCUT2D eigenvalue weighted by atomic mass is 10.0. The maximum atomic E-state index is 12.2. The minimum absolute atomic E-state index is 0.106. The average Bonchev–Trinajstić information content (AvgIpc) is 2.32. The Kier molecular flexibility index (Phi) is 4.80. The number of hydrogen-bond acceptors (Lipinski definition) is 1. The van der Waals surface area contributed by atoms with Gasteiger partial charge in [-0.15, -0.1) is 11.6 Å². The Labute approximate surface area is 115 Å². The summed E-state index contributed by atoms with van der Waals surface area (Å²) in [7, 11) is 1.82. The minimum Gasteiger partial charge on any atom is -0.339 e. The van der Waals surface area contributed by atoms with Crippen LogP contribution in [0.1, 0.15) is 30.5 Å². The van der Waals surface area contributed by atoms with Crippen molar-refractivity contribution in [2.75, 3.05) is 12.9 Å². The third kappa shape index (κ3) is 3.49. The number of alkyl halides is 1. The highest BCUT2D eigenvalue weighted by molar-refractivity contribution is 6.18. The molecule has 1 aromatic carbocycles. The average molecular weight is 268 g/mol. The molecule has 0 aliphatic rings. The van der Waals surface area contributed by atoms with E-state index in [1.54, 1.807) is 4.90 Å². The number of nitrogens with zero attached hydrogens (tertiary/aromatic N) is 1. The van der Waals surface area contributed by atoms with Crippen molar-refractivity contribution in [1.29, 1.82) is 0 Å². The number of rotatable bonds is 4. The smallest absolute Gasteiger partial charge is 0.227 e. The highest BCUT2D eigenvalue weighted by Crippen LogP contribution is 2.17. The molecule has 0 saturated carbocycles. The first kappa shape index (κ1) is 15.0. The maximum absolute atomic E-state index is 12.2. The maximum Gasteiger partial charge on any atom is 0.227 e. The lowest BCUT2D eigenvalue weighted by Gasteiger charge is -2.34. The fraction of sp³-hybridized carbons (Fsp3) is 0.533. The summed E-state index contributed by atoms with van der Waals surface area (Å²) in [6, 6.07) is 6.20. The van der Waals surface area contributed by atoms with Gasteiger partial charge in [0.15, 0.2) is 0 Å². The molecule has 0 bridgehead atoms. The third-order valence-corrected chi connectivity index (χ3v) is 4.11. The van der Waals surface area contributed by atoms with Crippen LogP contribution in [0.2, 0.25) is 0 Å². The summed E-state index contributed by atoms with van der Waals surface area (Å²) in [4.78, 5) is 14.0. The Bertz CT molecular complexity index is 440. The van der Waals surface area contributed by atoms with Crippen LogP contribution in [0, 0.1) is 13.8 Å². The molecule has 100 valence electrons. The van der Waals surface area contributed by atoms with Gasteiger partial charge in [-0.05, 0) is 38.8 Å². The van der Waals surface area contributed by atoms with Gasteiger partial charge in [0.25, 0.3) is 0 Å². The minimum atomic E-state index is -0.309. The van der Waals surface area contributed by atoms with Gasteiger partial charge in [-0.1, -0.05) is 23.8 Å². The van der Waals surface area contributed by atoms with Gasteiger partial charge in [0.1, 0.15) is 0 Å². The molecule has 0 atom stereocenters. The largest absolute Gasteiger partial charge is 0.339 e. The van der Waals surface area contributed by atoms with Crippen molar-refractivity contribution in [3.8, 4) is 0 Å². The molecule has 0 unspecified atom stereocenters. The van der Waals surface area contributed by atoms with Gasteiger partial charge in [0, 0.05) is 12.9 Å². The molecule has 3 heteroatoms. The van der Waals surface area contributed by atoms with Crippen LogP contribution in [-0.4, -0.2) is 29.3 Å². The summed E-state index contributed by atoms with van der Waals surface area (Å²) in [6.45, 7) is 8.02. The van der Waals surface area contributed by atoms with Crippen molar-refractivity contribution in [2.45, 2.75) is 39.7 Å². The number of hydrogen-bond donors (Lipinski definition) is 0. The van der Waals surface area contributed by atoms with E-state index >= 15 is 0 Å². The molecule has 0 heterocycles. The first-order chi connectivity index (χ1) is 8.27. The highest BCUT2D eigenvalue weighted by atomic mass is 35.5. The molecule has 1 rings (SSSR count). The topological polar surface area (TPSA) is 20.3 Å². The van der Waals surface area contributed by atoms with Crippen LogP contribution in [0.3, 0.4) is 0 Å². The van der Waals surface area contributed by atoms with Crippen molar-refractivity contribution < 1.29 is 4.79 Å². The molecule has 0 radical (unpaired) electrons. The van der Waals surface area contributed by atoms with E-state index in [-0.39, 0.29) is 11.4 Å². The van der Waals surface area contributed by atoms with Gasteiger partial charge < -0.3 is 4.90 Å². The van der Waals surface area contributed by atoms with Gasteiger partial charge in [-0.2, -0.15) is 0 Å². The predicted molar refractivity (Wildman–Crippen MR) is 77.2 cm³/mol. The van der Waals surface area contributed by atoms with Gasteiger partial charge in [-0.3, -0.25) is 4.79 Å². The van der Waals surface area contributed by atoms with Crippen LogP contribution in [0.5, 0.6) is 0 Å². The fourth-order valence-corrected chi connectivity index (χ4v) is 1.88. The molecular weight excluding hydrogens is 246 g/mol. The quantitative estimate of drug-likeness (QED) is 0.767. The summed E-state index contributed by atoms with van der Waals surface area (Å²) in [6.07, 6.45) is 0.435. The molecule has 2 nitrogen and oxygen atoms in total. The molecule has 1 amide bonds. The number of aryl methyl sites for hydroxylation is 2. The molecule has 0 spiro atoms. The van der Waals surface area contributed by atoms with Crippen LogP contribution in [0.4, 0.5) is 0 Å². The number of benzene rings is 1. The zero-order chi connectivity index (χ0) is 13.9. The lowest BCUT2D eigenvalue weighted by Crippen LogP contribution is -2.47. The second-order valence-electron chi connectivity index (χ2n) is 5.51. The Morgan fingerprint density at radius 2 is 1.94 bits per heavy atom. The van der Waals surface area contributed by atoms with Gasteiger partial charge in [-0.25, -0.2) is 0 Å². The van der Waals surface area contributed by atoms with Gasteiger partial charge in [0.05, 0.1) is 12.0 Å². The molecule has 0 saturated heterocycles. The molecule has 0 aromatic heterocycles. The van der Waals surface area contributed by atoms with Gasteiger partial charge in [0.2, 0.25) is 5.91 Å². The van der Waals surface area contributed by atoms with Crippen molar-refractivity contribution >= 4 is 17.5 Å². The van der Waals surface area contributed by atoms with E-state index in [2.05, 4.69) is 18.2 Å². The molecule has 0 aliphatic carbocycles. The van der Waals surface area contributed by atoms with E-state index in [0.29, 0.717) is 12.3 Å². The van der Waals surface area contributed by atoms with E-state index < -0.39 is 0 Å². The normalized spacial score (nSPS) is 11.4. The number of amides is 1. The van der Waals surface area contributed by atoms with E-state index in [1.165, 1.54) is 5.56 Å². The van der Waals surface area contributed by atoms with Gasteiger partial charge >= 0.3 is 0 Å². The van der Waals surface area contributed by atoms with Crippen molar-refractivity contribution in [3.63, 3.8) is 0 Å². The van der Waals surface area contributed by atoms with Crippen LogP contribution in [0.15, 0.2) is 18.2 Å². The number of likely N-dealkylation sites (N-methyl/N-ethyl adjacent to an activating group) is 1. The summed E-state index contributed by atoms with van der Waals surface area (Å²) in [5.41, 5.74) is 3.13. The Balaban J connectivity index is 2.85. The van der Waals surface area contributed by atoms with Crippen molar-refractivity contribution in [1.82, 2.24) is 4.90 Å². The molecule has 18 heavy (non-hydrogen) atoms. The number of carbonyl (C=O) groups is 1.